The van der Waals surface area contributed by atoms with Gasteiger partial charge in [-0.3, -0.25) is 0 Å². The Hall–Kier alpha value is -2.90. The van der Waals surface area contributed by atoms with Crippen LogP contribution in [0.5, 0.6) is 0 Å². The van der Waals surface area contributed by atoms with E-state index in [2.05, 4.69) is 124 Å². The molecule has 0 aliphatic heterocycles. The summed E-state index contributed by atoms with van der Waals surface area (Å²) in [6.45, 7) is 6.61. The van der Waals surface area contributed by atoms with Crippen LogP contribution in [0, 0.1) is 20.8 Å². The minimum Gasteiger partial charge on any atom is -0.0623 e. The van der Waals surface area contributed by atoms with E-state index in [1.165, 1.54) is 37.4 Å². The van der Waals surface area contributed by atoms with E-state index in [1.807, 2.05) is 0 Å². The third kappa shape index (κ3) is 3.12. The van der Waals surface area contributed by atoms with Crippen molar-refractivity contribution in [1.29, 1.82) is 0 Å². The molecule has 1 heteroatoms. The summed E-state index contributed by atoms with van der Waals surface area (Å²) >= 11 is 0. The van der Waals surface area contributed by atoms with E-state index in [4.69, 9.17) is 0 Å². The van der Waals surface area contributed by atoms with Crippen molar-refractivity contribution in [2.45, 2.75) is 20.8 Å². The summed E-state index contributed by atoms with van der Waals surface area (Å²) < 4.78 is 0. The predicted molar refractivity (Wildman–Crippen MR) is 124 cm³/mol. The van der Waals surface area contributed by atoms with Crippen molar-refractivity contribution in [2.24, 2.45) is 0 Å². The highest BCUT2D eigenvalue weighted by molar-refractivity contribution is 7.20. The summed E-state index contributed by atoms with van der Waals surface area (Å²) in [5.74, 6) is 0. The van der Waals surface area contributed by atoms with Crippen molar-refractivity contribution in [2.75, 3.05) is 0 Å². The Morgan fingerprint density at radius 3 is 1.75 bits per heavy atom. The average molecular weight is 379 g/mol. The van der Waals surface area contributed by atoms with Gasteiger partial charge in [-0.1, -0.05) is 120 Å². The van der Waals surface area contributed by atoms with Crippen molar-refractivity contribution in [3.05, 3.63) is 120 Å². The molecule has 1 atom stereocenters. The summed E-state index contributed by atoms with van der Waals surface area (Å²) in [5.41, 5.74) is 3.97. The Balaban J connectivity index is 2.17. The third-order valence-corrected chi connectivity index (χ3v) is 10.6. The fourth-order valence-corrected chi connectivity index (χ4v) is 9.43. The lowest BCUT2D eigenvalue weighted by Gasteiger charge is -2.35. The van der Waals surface area contributed by atoms with Gasteiger partial charge in [0.2, 0.25) is 0 Å². The van der Waals surface area contributed by atoms with Crippen LogP contribution in [-0.4, -0.2) is 8.07 Å². The van der Waals surface area contributed by atoms with Crippen LogP contribution in [0.15, 0.2) is 103 Å². The second-order valence-corrected chi connectivity index (χ2v) is 11.4. The molecule has 0 fully saturated rings. The molecule has 0 aromatic heterocycles. The molecule has 0 bridgehead atoms. The predicted octanol–water partition coefficient (Wildman–Crippen LogP) is 3.99. The number of benzene rings is 4. The highest BCUT2D eigenvalue weighted by Gasteiger charge is 2.42. The minimum atomic E-state index is -2.40. The molecule has 4 aromatic carbocycles. The van der Waals surface area contributed by atoms with Gasteiger partial charge in [0.05, 0.1) is 0 Å². The van der Waals surface area contributed by atoms with E-state index < -0.39 is 8.07 Å². The van der Waals surface area contributed by atoms with Crippen LogP contribution < -0.4 is 20.7 Å². The fourth-order valence-electron chi connectivity index (χ4n) is 4.33. The molecule has 0 heterocycles. The lowest BCUT2D eigenvalue weighted by molar-refractivity contribution is 1.47. The SMILES string of the molecule is Cc1ccc([Si](c2ccccc2)(c2cccc(C)c2)c2ccccc2C)cc1. The van der Waals surface area contributed by atoms with Crippen LogP contribution in [-0.2, 0) is 0 Å². The maximum absolute atomic E-state index is 2.40. The summed E-state index contributed by atoms with van der Waals surface area (Å²) in [6, 6.07) is 38.4. The zero-order valence-corrected chi connectivity index (χ0v) is 17.8. The molecule has 138 valence electrons. The van der Waals surface area contributed by atoms with Crippen LogP contribution >= 0.6 is 0 Å². The monoisotopic (exact) mass is 378 g/mol. The molecule has 0 radical (unpaired) electrons. The van der Waals surface area contributed by atoms with Gasteiger partial charge in [0, 0.05) is 0 Å². The summed E-state index contributed by atoms with van der Waals surface area (Å²) in [4.78, 5) is 0. The molecular weight excluding hydrogens is 352 g/mol. The molecule has 0 N–H and O–H groups in total. The van der Waals surface area contributed by atoms with E-state index in [1.54, 1.807) is 0 Å². The quantitative estimate of drug-likeness (QED) is 0.372. The van der Waals surface area contributed by atoms with Gasteiger partial charge in [0.15, 0.2) is 8.07 Å². The van der Waals surface area contributed by atoms with Crippen LogP contribution in [0.2, 0.25) is 0 Å². The van der Waals surface area contributed by atoms with E-state index in [0.29, 0.717) is 0 Å². The van der Waals surface area contributed by atoms with Gasteiger partial charge in [-0.2, -0.15) is 0 Å². The van der Waals surface area contributed by atoms with Crippen molar-refractivity contribution < 1.29 is 0 Å². The second kappa shape index (κ2) is 7.61. The average Bonchev–Trinajstić information content (AvgIpc) is 2.72. The molecule has 0 amide bonds. The van der Waals surface area contributed by atoms with Crippen molar-refractivity contribution in [1.82, 2.24) is 0 Å². The molecule has 4 rings (SSSR count). The lowest BCUT2D eigenvalue weighted by atomic mass is 10.2. The first-order valence-electron chi connectivity index (χ1n) is 9.88. The molecule has 0 spiro atoms. The molecule has 0 saturated carbocycles. The highest BCUT2D eigenvalue weighted by atomic mass is 28.3. The Morgan fingerprint density at radius 1 is 0.464 bits per heavy atom. The Morgan fingerprint density at radius 2 is 1.07 bits per heavy atom. The first kappa shape index (κ1) is 18.5. The van der Waals surface area contributed by atoms with E-state index >= 15 is 0 Å². The summed E-state index contributed by atoms with van der Waals surface area (Å²) in [6.07, 6.45) is 0. The van der Waals surface area contributed by atoms with E-state index in [-0.39, 0.29) is 0 Å². The Labute approximate surface area is 169 Å². The van der Waals surface area contributed by atoms with Gasteiger partial charge in [-0.15, -0.1) is 0 Å². The second-order valence-electron chi connectivity index (χ2n) is 7.67. The van der Waals surface area contributed by atoms with Crippen LogP contribution in [0.3, 0.4) is 0 Å². The van der Waals surface area contributed by atoms with Gasteiger partial charge in [0.1, 0.15) is 0 Å². The van der Waals surface area contributed by atoms with Crippen LogP contribution in [0.1, 0.15) is 16.7 Å². The molecule has 0 aliphatic rings. The Bertz CT molecular complexity index is 1080. The highest BCUT2D eigenvalue weighted by Crippen LogP contribution is 2.13. The molecule has 0 nitrogen and oxygen atoms in total. The first-order chi connectivity index (χ1) is 13.6. The first-order valence-corrected chi connectivity index (χ1v) is 11.9. The van der Waals surface area contributed by atoms with Gasteiger partial charge >= 0.3 is 0 Å². The fraction of sp³-hybridized carbons (Fsp3) is 0.111. The third-order valence-electron chi connectivity index (χ3n) is 5.69. The number of rotatable bonds is 4. The topological polar surface area (TPSA) is 0 Å². The normalized spacial score (nSPS) is 13.1. The lowest BCUT2D eigenvalue weighted by Crippen LogP contribution is -2.75. The van der Waals surface area contributed by atoms with Crippen molar-refractivity contribution >= 4 is 28.8 Å². The van der Waals surface area contributed by atoms with Crippen molar-refractivity contribution in [3.8, 4) is 0 Å². The maximum atomic E-state index is 2.39. The molecule has 0 aliphatic carbocycles. The van der Waals surface area contributed by atoms with E-state index in [9.17, 15) is 0 Å². The number of hydrogen-bond acceptors (Lipinski definition) is 0. The van der Waals surface area contributed by atoms with Gasteiger partial charge in [-0.05, 0) is 41.5 Å². The number of aryl methyl sites for hydroxylation is 3. The van der Waals surface area contributed by atoms with Gasteiger partial charge in [-0.25, -0.2) is 0 Å². The van der Waals surface area contributed by atoms with Gasteiger partial charge < -0.3 is 0 Å². The standard InChI is InChI=1S/C27H26Si/c1-21-16-18-25(19-17-21)28(24-12-5-4-6-13-24,26-14-9-10-22(2)20-26)27-15-8-7-11-23(27)3/h4-20H,1-3H3. The summed E-state index contributed by atoms with van der Waals surface area (Å²) in [7, 11) is -2.40. The maximum Gasteiger partial charge on any atom is 0.179 e. The summed E-state index contributed by atoms with van der Waals surface area (Å²) in [5, 5.41) is 5.77. The largest absolute Gasteiger partial charge is 0.179 e. The smallest absolute Gasteiger partial charge is 0.0623 e. The molecule has 28 heavy (non-hydrogen) atoms. The molecular formula is C27H26Si. The van der Waals surface area contributed by atoms with E-state index in [0.717, 1.165) is 0 Å². The molecule has 4 aromatic rings. The minimum absolute atomic E-state index is 1.30. The van der Waals surface area contributed by atoms with Crippen LogP contribution in [0.25, 0.3) is 0 Å². The number of hydrogen-bond donors (Lipinski definition) is 0. The van der Waals surface area contributed by atoms with Crippen molar-refractivity contribution in [3.63, 3.8) is 0 Å². The molecule has 1 unspecified atom stereocenters. The zero-order valence-electron chi connectivity index (χ0n) is 16.8. The zero-order chi connectivity index (χ0) is 19.6. The molecule has 0 saturated heterocycles. The van der Waals surface area contributed by atoms with Crippen LogP contribution in [0.4, 0.5) is 0 Å². The van der Waals surface area contributed by atoms with Gasteiger partial charge in [0.25, 0.3) is 0 Å². The Kier molecular flexibility index (Phi) is 5.02.